The summed E-state index contributed by atoms with van der Waals surface area (Å²) in [6, 6.07) is 2.01. The number of alkyl carbamates (subject to hydrolysis) is 1. The number of nitrogens with zero attached hydrogens (tertiary/aromatic N) is 1. The number of carbonyl (C=O) groups excluding carboxylic acids is 3. The third-order valence-corrected chi connectivity index (χ3v) is 12.1. The molecule has 0 aromatic rings. The van der Waals surface area contributed by atoms with Gasteiger partial charge in [-0.25, -0.2) is 4.79 Å². The van der Waals surface area contributed by atoms with Crippen LogP contribution in [0.25, 0.3) is 0 Å². The zero-order valence-electron chi connectivity index (χ0n) is 23.9. The molecule has 0 heterocycles. The Bertz CT molecular complexity index is 1220. The highest BCUT2D eigenvalue weighted by Gasteiger charge is 2.70. The summed E-state index contributed by atoms with van der Waals surface area (Å²) in [5.41, 5.74) is -2.74. The Labute approximate surface area is 226 Å². The number of carbonyl (C=O) groups is 3. The lowest BCUT2D eigenvalue weighted by molar-refractivity contribution is -0.166. The standard InChI is InChI=1S/C31H42N2O5/c1-26(2)10-12-31(33-25(36)38-7)13-11-29(5)23(19(31)16-26)20(34)14-22-27(3)15-18(17-32)24(35)30(6,37)21(27)8-9-28(22,29)4/h14-15,19,21,23,37H,8-13,16H2,1-7H3,(H,33,36)/t19-,21+,23-,27-,28+,29+,30-,31-/m0/s1. The summed E-state index contributed by atoms with van der Waals surface area (Å²) in [4.78, 5) is 39.9. The Morgan fingerprint density at radius 1 is 1.08 bits per heavy atom. The van der Waals surface area contributed by atoms with Gasteiger partial charge < -0.3 is 15.2 Å². The number of aliphatic hydroxyl groups is 1. The van der Waals surface area contributed by atoms with E-state index in [1.165, 1.54) is 14.0 Å². The molecule has 0 bridgehead atoms. The normalized spacial score (nSPS) is 47.2. The van der Waals surface area contributed by atoms with Crippen molar-refractivity contribution in [2.24, 2.45) is 39.4 Å². The van der Waals surface area contributed by atoms with Gasteiger partial charge in [0.1, 0.15) is 11.7 Å². The summed E-state index contributed by atoms with van der Waals surface area (Å²) < 4.78 is 5.03. The van der Waals surface area contributed by atoms with Crippen LogP contribution in [0.5, 0.6) is 0 Å². The average molecular weight is 523 g/mol. The summed E-state index contributed by atoms with van der Waals surface area (Å²) in [6.45, 7) is 12.5. The van der Waals surface area contributed by atoms with Gasteiger partial charge in [0.05, 0.1) is 12.7 Å². The molecule has 8 atom stereocenters. The van der Waals surface area contributed by atoms with Gasteiger partial charge in [0.25, 0.3) is 0 Å². The van der Waals surface area contributed by atoms with E-state index in [0.717, 1.165) is 44.1 Å². The maximum atomic E-state index is 14.4. The lowest BCUT2D eigenvalue weighted by Crippen LogP contribution is -2.70. The molecular weight excluding hydrogens is 480 g/mol. The van der Waals surface area contributed by atoms with Crippen molar-refractivity contribution in [1.82, 2.24) is 5.32 Å². The van der Waals surface area contributed by atoms with Crippen LogP contribution >= 0.6 is 0 Å². The predicted molar refractivity (Wildman–Crippen MR) is 142 cm³/mol. The molecule has 7 heteroatoms. The number of ketones is 2. The van der Waals surface area contributed by atoms with Gasteiger partial charge in [0.2, 0.25) is 5.78 Å². The van der Waals surface area contributed by atoms with Gasteiger partial charge in [0.15, 0.2) is 5.78 Å². The van der Waals surface area contributed by atoms with E-state index in [4.69, 9.17) is 4.74 Å². The summed E-state index contributed by atoms with van der Waals surface area (Å²) in [5.74, 6) is -1.18. The van der Waals surface area contributed by atoms with Gasteiger partial charge in [-0.2, -0.15) is 5.26 Å². The number of allylic oxidation sites excluding steroid dienone is 3. The van der Waals surface area contributed by atoms with Crippen LogP contribution in [-0.4, -0.2) is 41.0 Å². The molecule has 206 valence electrons. The topological polar surface area (TPSA) is 116 Å². The highest BCUT2D eigenvalue weighted by atomic mass is 16.5. The van der Waals surface area contributed by atoms with E-state index in [-0.39, 0.29) is 39.4 Å². The molecule has 0 radical (unpaired) electrons. The zero-order valence-corrected chi connectivity index (χ0v) is 23.9. The third kappa shape index (κ3) is 3.31. The van der Waals surface area contributed by atoms with E-state index in [9.17, 15) is 24.8 Å². The van der Waals surface area contributed by atoms with Crippen molar-refractivity contribution >= 4 is 17.7 Å². The highest BCUT2D eigenvalue weighted by Crippen LogP contribution is 2.72. The van der Waals surface area contributed by atoms with E-state index in [1.807, 2.05) is 13.0 Å². The number of ether oxygens (including phenoxy) is 1. The minimum absolute atomic E-state index is 0.0296. The van der Waals surface area contributed by atoms with Crippen LogP contribution in [0.1, 0.15) is 86.5 Å². The van der Waals surface area contributed by atoms with E-state index in [0.29, 0.717) is 6.42 Å². The van der Waals surface area contributed by atoms with E-state index >= 15 is 0 Å². The number of nitriles is 1. The van der Waals surface area contributed by atoms with Crippen molar-refractivity contribution in [1.29, 1.82) is 5.26 Å². The largest absolute Gasteiger partial charge is 0.453 e. The number of nitrogens with one attached hydrogen (secondary N) is 1. The maximum absolute atomic E-state index is 14.4. The zero-order chi connectivity index (χ0) is 28.1. The van der Waals surface area contributed by atoms with E-state index in [1.54, 1.807) is 12.2 Å². The molecule has 5 rings (SSSR count). The third-order valence-electron chi connectivity index (χ3n) is 12.1. The number of Topliss-reactive ketones (excluding diaryl/α,β-unsaturated/α-hetero) is 1. The minimum Gasteiger partial charge on any atom is -0.453 e. The fourth-order valence-corrected chi connectivity index (χ4v) is 9.78. The second-order valence-electron chi connectivity index (χ2n) is 14.5. The first-order valence-electron chi connectivity index (χ1n) is 14.0. The van der Waals surface area contributed by atoms with Gasteiger partial charge in [-0.05, 0) is 80.1 Å². The van der Waals surface area contributed by atoms with Crippen molar-refractivity contribution in [3.63, 3.8) is 0 Å². The number of hydrogen-bond acceptors (Lipinski definition) is 6. The number of hydrogen-bond donors (Lipinski definition) is 2. The van der Waals surface area contributed by atoms with Crippen LogP contribution in [0.2, 0.25) is 0 Å². The summed E-state index contributed by atoms with van der Waals surface area (Å²) >= 11 is 0. The number of rotatable bonds is 1. The molecule has 0 aromatic carbocycles. The van der Waals surface area contributed by atoms with Crippen molar-refractivity contribution in [3.8, 4) is 6.07 Å². The highest BCUT2D eigenvalue weighted by molar-refractivity contribution is 6.06. The Balaban J connectivity index is 1.68. The molecule has 3 saturated carbocycles. The SMILES string of the molecule is COC(=O)N[C@]12CCC(C)(C)C[C@H]1[C@H]1C(=O)C=C3[C@@]4(C)C=C(C#N)C(=O)[C@@](C)(O)[C@@H]4CC[C@@]3(C)[C@]1(C)CC2. The van der Waals surface area contributed by atoms with E-state index < -0.39 is 34.3 Å². The molecular formula is C31H42N2O5. The smallest absolute Gasteiger partial charge is 0.407 e. The van der Waals surface area contributed by atoms with Crippen molar-refractivity contribution in [2.45, 2.75) is 97.6 Å². The molecule has 0 aliphatic heterocycles. The van der Waals surface area contributed by atoms with Gasteiger partial charge in [0, 0.05) is 22.8 Å². The first-order chi connectivity index (χ1) is 17.5. The number of fused-ring (bicyclic) bond motifs is 7. The summed E-state index contributed by atoms with van der Waals surface area (Å²) in [7, 11) is 1.38. The lowest BCUT2D eigenvalue weighted by Gasteiger charge is -2.69. The number of methoxy groups -OCH3 is 1. The molecule has 0 unspecified atom stereocenters. The molecule has 0 aromatic heterocycles. The van der Waals surface area contributed by atoms with Crippen LogP contribution in [0.4, 0.5) is 4.79 Å². The van der Waals surface area contributed by atoms with Crippen LogP contribution in [0, 0.1) is 50.7 Å². The Hall–Kier alpha value is -2.46. The molecule has 0 saturated heterocycles. The quantitative estimate of drug-likeness (QED) is 0.498. The van der Waals surface area contributed by atoms with Crippen LogP contribution in [-0.2, 0) is 14.3 Å². The van der Waals surface area contributed by atoms with Crippen molar-refractivity contribution in [2.75, 3.05) is 7.11 Å². The first kappa shape index (κ1) is 27.1. The second-order valence-corrected chi connectivity index (χ2v) is 14.5. The average Bonchev–Trinajstić information content (AvgIpc) is 2.83. The lowest BCUT2D eigenvalue weighted by atomic mass is 9.35. The second kappa shape index (κ2) is 8.03. The van der Waals surface area contributed by atoms with Gasteiger partial charge in [-0.1, -0.05) is 46.3 Å². The van der Waals surface area contributed by atoms with Crippen LogP contribution in [0.15, 0.2) is 23.3 Å². The molecule has 2 N–H and O–H groups in total. The fraction of sp³-hybridized carbons (Fsp3) is 0.742. The maximum Gasteiger partial charge on any atom is 0.407 e. The Morgan fingerprint density at radius 2 is 1.74 bits per heavy atom. The fourth-order valence-electron chi connectivity index (χ4n) is 9.78. The van der Waals surface area contributed by atoms with Gasteiger partial charge in [-0.15, -0.1) is 0 Å². The molecule has 7 nitrogen and oxygen atoms in total. The minimum atomic E-state index is -1.67. The first-order valence-corrected chi connectivity index (χ1v) is 14.0. The van der Waals surface area contributed by atoms with E-state index in [2.05, 4.69) is 33.0 Å². The van der Waals surface area contributed by atoms with Gasteiger partial charge in [-0.3, -0.25) is 9.59 Å². The predicted octanol–water partition coefficient (Wildman–Crippen LogP) is 5.04. The number of amides is 1. The summed E-state index contributed by atoms with van der Waals surface area (Å²) in [6.07, 6.45) is 8.59. The van der Waals surface area contributed by atoms with Gasteiger partial charge >= 0.3 is 6.09 Å². The molecule has 0 spiro atoms. The Morgan fingerprint density at radius 3 is 2.37 bits per heavy atom. The molecule has 5 aliphatic rings. The van der Waals surface area contributed by atoms with Crippen LogP contribution < -0.4 is 5.32 Å². The molecule has 3 fully saturated rings. The Kier molecular flexibility index (Phi) is 5.73. The van der Waals surface area contributed by atoms with Crippen molar-refractivity contribution in [3.05, 3.63) is 23.3 Å². The molecule has 1 amide bonds. The molecule has 5 aliphatic carbocycles. The monoisotopic (exact) mass is 522 g/mol. The molecule has 38 heavy (non-hydrogen) atoms. The van der Waals surface area contributed by atoms with Crippen LogP contribution in [0.3, 0.4) is 0 Å². The van der Waals surface area contributed by atoms with Crippen molar-refractivity contribution < 1.29 is 24.2 Å². The summed E-state index contributed by atoms with van der Waals surface area (Å²) in [5, 5.41) is 24.4.